The summed E-state index contributed by atoms with van der Waals surface area (Å²) >= 11 is 0. The first-order valence-electron chi connectivity index (χ1n) is 9.85. The van der Waals surface area contributed by atoms with Crippen molar-refractivity contribution in [2.45, 2.75) is 26.2 Å². The van der Waals surface area contributed by atoms with Crippen molar-refractivity contribution in [1.29, 1.82) is 0 Å². The molecule has 0 saturated heterocycles. The zero-order chi connectivity index (χ0) is 20.8. The van der Waals surface area contributed by atoms with Crippen molar-refractivity contribution in [3.8, 4) is 22.6 Å². The summed E-state index contributed by atoms with van der Waals surface area (Å²) in [6.45, 7) is 3.45. The fourth-order valence-electron chi connectivity index (χ4n) is 3.18. The SMILES string of the molecule is CCCN(CC1CC1)C(=O)COc1ccc([N+](=O)[O-])cc1-c1ccc(OC)cc1. The van der Waals surface area contributed by atoms with Crippen LogP contribution in [0.3, 0.4) is 0 Å². The average Bonchev–Trinajstić information content (AvgIpc) is 3.55. The van der Waals surface area contributed by atoms with E-state index in [1.807, 2.05) is 24.0 Å². The van der Waals surface area contributed by atoms with E-state index in [2.05, 4.69) is 0 Å². The van der Waals surface area contributed by atoms with Gasteiger partial charge in [0.25, 0.3) is 11.6 Å². The van der Waals surface area contributed by atoms with E-state index in [1.54, 1.807) is 25.3 Å². The van der Waals surface area contributed by atoms with Gasteiger partial charge in [-0.2, -0.15) is 0 Å². The number of hydrogen-bond donors (Lipinski definition) is 0. The molecule has 0 heterocycles. The van der Waals surface area contributed by atoms with E-state index in [0.29, 0.717) is 29.5 Å². The van der Waals surface area contributed by atoms with Gasteiger partial charge >= 0.3 is 0 Å². The van der Waals surface area contributed by atoms with Crippen LogP contribution in [0.4, 0.5) is 5.69 Å². The molecule has 0 unspecified atom stereocenters. The van der Waals surface area contributed by atoms with Crippen LogP contribution >= 0.6 is 0 Å². The van der Waals surface area contributed by atoms with Crippen molar-refractivity contribution in [3.63, 3.8) is 0 Å². The Balaban J connectivity index is 1.79. The Labute approximate surface area is 170 Å². The number of carbonyl (C=O) groups is 1. The molecule has 1 aliphatic carbocycles. The minimum Gasteiger partial charge on any atom is -0.497 e. The van der Waals surface area contributed by atoms with E-state index in [9.17, 15) is 14.9 Å². The third kappa shape index (κ3) is 5.47. The number of amides is 1. The Morgan fingerprint density at radius 1 is 1.21 bits per heavy atom. The quantitative estimate of drug-likeness (QED) is 0.440. The van der Waals surface area contributed by atoms with Crippen LogP contribution in [0.5, 0.6) is 11.5 Å². The molecule has 0 spiro atoms. The van der Waals surface area contributed by atoms with Gasteiger partial charge in [0, 0.05) is 30.8 Å². The average molecular weight is 398 g/mol. The zero-order valence-electron chi connectivity index (χ0n) is 16.8. The number of rotatable bonds is 10. The number of nitro groups is 1. The minimum absolute atomic E-state index is 0.0316. The van der Waals surface area contributed by atoms with E-state index in [4.69, 9.17) is 9.47 Å². The van der Waals surface area contributed by atoms with E-state index in [-0.39, 0.29) is 18.2 Å². The monoisotopic (exact) mass is 398 g/mol. The summed E-state index contributed by atoms with van der Waals surface area (Å²) in [5, 5.41) is 11.2. The maximum absolute atomic E-state index is 12.7. The summed E-state index contributed by atoms with van der Waals surface area (Å²) in [4.78, 5) is 25.3. The summed E-state index contributed by atoms with van der Waals surface area (Å²) in [7, 11) is 1.58. The van der Waals surface area contributed by atoms with Crippen molar-refractivity contribution in [1.82, 2.24) is 4.90 Å². The van der Waals surface area contributed by atoms with Crippen LogP contribution in [0.2, 0.25) is 0 Å². The molecule has 2 aromatic carbocycles. The van der Waals surface area contributed by atoms with Gasteiger partial charge in [0.1, 0.15) is 11.5 Å². The van der Waals surface area contributed by atoms with E-state index < -0.39 is 4.92 Å². The van der Waals surface area contributed by atoms with Crippen LogP contribution in [0.15, 0.2) is 42.5 Å². The van der Waals surface area contributed by atoms with Crippen molar-refractivity contribution in [3.05, 3.63) is 52.6 Å². The van der Waals surface area contributed by atoms with Crippen LogP contribution in [-0.2, 0) is 4.79 Å². The molecule has 0 radical (unpaired) electrons. The van der Waals surface area contributed by atoms with E-state index >= 15 is 0 Å². The van der Waals surface area contributed by atoms with E-state index in [1.165, 1.54) is 25.0 Å². The zero-order valence-corrected chi connectivity index (χ0v) is 16.8. The van der Waals surface area contributed by atoms with Crippen LogP contribution < -0.4 is 9.47 Å². The summed E-state index contributed by atoms with van der Waals surface area (Å²) in [6, 6.07) is 11.6. The Kier molecular flexibility index (Phi) is 6.69. The second kappa shape index (κ2) is 9.41. The molecule has 0 aromatic heterocycles. The van der Waals surface area contributed by atoms with Crippen molar-refractivity contribution >= 4 is 11.6 Å². The highest BCUT2D eigenvalue weighted by atomic mass is 16.6. The van der Waals surface area contributed by atoms with Gasteiger partial charge in [-0.15, -0.1) is 0 Å². The maximum atomic E-state index is 12.7. The molecule has 29 heavy (non-hydrogen) atoms. The topological polar surface area (TPSA) is 81.9 Å². The fourth-order valence-corrected chi connectivity index (χ4v) is 3.18. The van der Waals surface area contributed by atoms with Crippen LogP contribution in [0, 0.1) is 16.0 Å². The van der Waals surface area contributed by atoms with Gasteiger partial charge in [0.2, 0.25) is 0 Å². The Morgan fingerprint density at radius 3 is 2.52 bits per heavy atom. The predicted molar refractivity (Wildman–Crippen MR) is 110 cm³/mol. The van der Waals surface area contributed by atoms with Gasteiger partial charge in [-0.1, -0.05) is 19.1 Å². The van der Waals surface area contributed by atoms with Crippen LogP contribution in [0.1, 0.15) is 26.2 Å². The molecule has 1 aliphatic rings. The van der Waals surface area contributed by atoms with Gasteiger partial charge in [0.15, 0.2) is 6.61 Å². The van der Waals surface area contributed by atoms with E-state index in [0.717, 1.165) is 18.5 Å². The number of hydrogen-bond acceptors (Lipinski definition) is 5. The number of nitro benzene ring substituents is 1. The standard InChI is InChI=1S/C22H26N2O5/c1-3-12-23(14-16-4-5-16)22(25)15-29-21-11-8-18(24(26)27)13-20(21)17-6-9-19(28-2)10-7-17/h6-11,13,16H,3-5,12,14-15H2,1-2H3. The number of carbonyl (C=O) groups excluding carboxylic acids is 1. The second-order valence-corrected chi connectivity index (χ2v) is 7.24. The molecule has 0 aliphatic heterocycles. The van der Waals surface area contributed by atoms with Crippen molar-refractivity contribution in [2.24, 2.45) is 5.92 Å². The molecule has 0 N–H and O–H groups in total. The van der Waals surface area contributed by atoms with Gasteiger partial charge in [0.05, 0.1) is 12.0 Å². The molecule has 0 atom stereocenters. The molecular formula is C22H26N2O5. The molecule has 7 nitrogen and oxygen atoms in total. The molecule has 0 bridgehead atoms. The summed E-state index contributed by atoms with van der Waals surface area (Å²) in [5.74, 6) is 1.68. The van der Waals surface area contributed by atoms with Crippen LogP contribution in [0.25, 0.3) is 11.1 Å². The fraction of sp³-hybridized carbons (Fsp3) is 0.409. The smallest absolute Gasteiger partial charge is 0.270 e. The molecular weight excluding hydrogens is 372 g/mol. The molecule has 154 valence electrons. The molecule has 1 fully saturated rings. The lowest BCUT2D eigenvalue weighted by Crippen LogP contribution is -2.37. The first kappa shape index (κ1) is 20.6. The molecule has 7 heteroatoms. The first-order chi connectivity index (χ1) is 14.0. The van der Waals surface area contributed by atoms with Crippen molar-refractivity contribution < 1.29 is 19.2 Å². The minimum atomic E-state index is -0.444. The lowest BCUT2D eigenvalue weighted by Gasteiger charge is -2.22. The number of non-ortho nitro benzene ring substituents is 1. The Bertz CT molecular complexity index is 862. The molecule has 1 saturated carbocycles. The normalized spacial score (nSPS) is 13.0. The van der Waals surface area contributed by atoms with Gasteiger partial charge < -0.3 is 14.4 Å². The summed E-state index contributed by atoms with van der Waals surface area (Å²) in [6.07, 6.45) is 3.25. The summed E-state index contributed by atoms with van der Waals surface area (Å²) < 4.78 is 11.0. The van der Waals surface area contributed by atoms with Gasteiger partial charge in [-0.3, -0.25) is 14.9 Å². The second-order valence-electron chi connectivity index (χ2n) is 7.24. The highest BCUT2D eigenvalue weighted by Gasteiger charge is 2.26. The molecule has 1 amide bonds. The number of methoxy groups -OCH3 is 1. The third-order valence-electron chi connectivity index (χ3n) is 4.95. The largest absolute Gasteiger partial charge is 0.497 e. The van der Waals surface area contributed by atoms with Gasteiger partial charge in [-0.25, -0.2) is 0 Å². The first-order valence-corrected chi connectivity index (χ1v) is 9.85. The number of nitrogens with zero attached hydrogens (tertiary/aromatic N) is 2. The summed E-state index contributed by atoms with van der Waals surface area (Å²) in [5.41, 5.74) is 1.29. The predicted octanol–water partition coefficient (Wildman–Crippen LogP) is 4.30. The highest BCUT2D eigenvalue weighted by molar-refractivity contribution is 5.79. The number of benzene rings is 2. The molecule has 3 rings (SSSR count). The number of ether oxygens (including phenoxy) is 2. The van der Waals surface area contributed by atoms with Crippen molar-refractivity contribution in [2.75, 3.05) is 26.8 Å². The van der Waals surface area contributed by atoms with Crippen LogP contribution in [-0.4, -0.2) is 42.5 Å². The molecule has 2 aromatic rings. The Hall–Kier alpha value is -3.09. The lowest BCUT2D eigenvalue weighted by molar-refractivity contribution is -0.384. The van der Waals surface area contributed by atoms with Gasteiger partial charge in [-0.05, 0) is 48.9 Å². The third-order valence-corrected chi connectivity index (χ3v) is 4.95. The maximum Gasteiger partial charge on any atom is 0.270 e. The highest BCUT2D eigenvalue weighted by Crippen LogP contribution is 2.34. The Morgan fingerprint density at radius 2 is 1.93 bits per heavy atom. The lowest BCUT2D eigenvalue weighted by atomic mass is 10.0.